The van der Waals surface area contributed by atoms with Gasteiger partial charge in [0.25, 0.3) is 11.8 Å². The standard InChI is InChI=1S/C19H20BrN3O4S/c1-12-3-5-13(6-4-12)17(24)22-23-19(28)21-18(25)15-11-14(20)7-8-16(15)27-10-9-26-2/h3-8,11H,9-10H2,1-2H3,(H,22,24)(H2,21,23,25,28). The number of hydrogen-bond acceptors (Lipinski definition) is 5. The molecule has 0 saturated heterocycles. The number of aryl methyl sites for hydroxylation is 1. The summed E-state index contributed by atoms with van der Waals surface area (Å²) in [7, 11) is 1.56. The molecule has 0 heterocycles. The normalized spacial score (nSPS) is 10.1. The average molecular weight is 466 g/mol. The van der Waals surface area contributed by atoms with Gasteiger partial charge in [-0.15, -0.1) is 0 Å². The lowest BCUT2D eigenvalue weighted by Crippen LogP contribution is -2.48. The van der Waals surface area contributed by atoms with Crippen LogP contribution in [-0.4, -0.2) is 37.3 Å². The zero-order valence-electron chi connectivity index (χ0n) is 15.4. The Balaban J connectivity index is 1.94. The predicted octanol–water partition coefficient (Wildman–Crippen LogP) is 2.73. The van der Waals surface area contributed by atoms with Crippen molar-refractivity contribution in [2.24, 2.45) is 0 Å². The number of benzene rings is 2. The van der Waals surface area contributed by atoms with Crippen LogP contribution in [0.2, 0.25) is 0 Å². The van der Waals surface area contributed by atoms with Gasteiger partial charge in [-0.3, -0.25) is 25.8 Å². The minimum Gasteiger partial charge on any atom is -0.490 e. The highest BCUT2D eigenvalue weighted by molar-refractivity contribution is 9.10. The first kappa shape index (κ1) is 21.8. The smallest absolute Gasteiger partial charge is 0.269 e. The van der Waals surface area contributed by atoms with E-state index in [1.807, 2.05) is 19.1 Å². The molecule has 0 aromatic heterocycles. The van der Waals surface area contributed by atoms with Crippen molar-refractivity contribution in [3.63, 3.8) is 0 Å². The van der Waals surface area contributed by atoms with Gasteiger partial charge in [0.1, 0.15) is 12.4 Å². The minimum atomic E-state index is -0.476. The van der Waals surface area contributed by atoms with Crippen molar-refractivity contribution in [1.29, 1.82) is 0 Å². The minimum absolute atomic E-state index is 0.0479. The van der Waals surface area contributed by atoms with Gasteiger partial charge in [0.05, 0.1) is 12.2 Å². The van der Waals surface area contributed by atoms with Gasteiger partial charge < -0.3 is 9.47 Å². The SMILES string of the molecule is COCCOc1ccc(Br)cc1C(=O)NC(=S)NNC(=O)c1ccc(C)cc1. The number of methoxy groups -OCH3 is 1. The zero-order valence-corrected chi connectivity index (χ0v) is 17.8. The van der Waals surface area contributed by atoms with Crippen LogP contribution in [-0.2, 0) is 4.74 Å². The Bertz CT molecular complexity index is 859. The van der Waals surface area contributed by atoms with Gasteiger partial charge in [0.15, 0.2) is 5.11 Å². The lowest BCUT2D eigenvalue weighted by molar-refractivity contribution is 0.0933. The van der Waals surface area contributed by atoms with Gasteiger partial charge >= 0.3 is 0 Å². The topological polar surface area (TPSA) is 88.7 Å². The number of hydrogen-bond donors (Lipinski definition) is 3. The third kappa shape index (κ3) is 6.59. The predicted molar refractivity (Wildman–Crippen MR) is 113 cm³/mol. The van der Waals surface area contributed by atoms with E-state index in [1.54, 1.807) is 37.4 Å². The van der Waals surface area contributed by atoms with Gasteiger partial charge in [0.2, 0.25) is 0 Å². The molecule has 0 aliphatic rings. The monoisotopic (exact) mass is 465 g/mol. The van der Waals surface area contributed by atoms with E-state index in [0.29, 0.717) is 34.6 Å². The van der Waals surface area contributed by atoms with Gasteiger partial charge in [0, 0.05) is 17.1 Å². The van der Waals surface area contributed by atoms with Gasteiger partial charge in [-0.1, -0.05) is 33.6 Å². The first-order valence-electron chi connectivity index (χ1n) is 8.30. The zero-order chi connectivity index (χ0) is 20.5. The third-order valence-electron chi connectivity index (χ3n) is 3.56. The van der Waals surface area contributed by atoms with Crippen LogP contribution in [0.15, 0.2) is 46.9 Å². The largest absolute Gasteiger partial charge is 0.490 e. The number of carbonyl (C=O) groups is 2. The summed E-state index contributed by atoms with van der Waals surface area (Å²) in [5.41, 5.74) is 6.75. The second kappa shape index (κ2) is 10.7. The number of amides is 2. The Morgan fingerprint density at radius 3 is 2.43 bits per heavy atom. The van der Waals surface area contributed by atoms with Crippen molar-refractivity contribution in [1.82, 2.24) is 16.2 Å². The number of halogens is 1. The lowest BCUT2D eigenvalue weighted by atomic mass is 10.1. The van der Waals surface area contributed by atoms with Crippen LogP contribution in [0.5, 0.6) is 5.75 Å². The number of thiocarbonyl (C=S) groups is 1. The van der Waals surface area contributed by atoms with Crippen molar-refractivity contribution in [2.45, 2.75) is 6.92 Å². The fraction of sp³-hybridized carbons (Fsp3) is 0.211. The van der Waals surface area contributed by atoms with Crippen LogP contribution in [0, 0.1) is 6.92 Å². The Morgan fingerprint density at radius 2 is 1.75 bits per heavy atom. The molecule has 2 amide bonds. The molecule has 2 aromatic rings. The van der Waals surface area contributed by atoms with Crippen LogP contribution in [0.3, 0.4) is 0 Å². The van der Waals surface area contributed by atoms with Crippen LogP contribution in [0.25, 0.3) is 0 Å². The molecule has 0 spiro atoms. The van der Waals surface area contributed by atoms with E-state index < -0.39 is 5.91 Å². The number of carbonyl (C=O) groups excluding carboxylic acids is 2. The van der Waals surface area contributed by atoms with Crippen molar-refractivity contribution in [3.05, 3.63) is 63.6 Å². The third-order valence-corrected chi connectivity index (χ3v) is 4.26. The summed E-state index contributed by atoms with van der Waals surface area (Å²) in [4.78, 5) is 24.6. The molecule has 0 aliphatic carbocycles. The molecule has 2 aromatic carbocycles. The van der Waals surface area contributed by atoms with E-state index >= 15 is 0 Å². The number of nitrogens with one attached hydrogen (secondary N) is 3. The highest BCUT2D eigenvalue weighted by Crippen LogP contribution is 2.23. The maximum absolute atomic E-state index is 12.5. The Labute approximate surface area is 176 Å². The van der Waals surface area contributed by atoms with E-state index in [2.05, 4.69) is 32.1 Å². The summed E-state index contributed by atoms with van der Waals surface area (Å²) >= 11 is 8.40. The van der Waals surface area contributed by atoms with E-state index in [9.17, 15) is 9.59 Å². The average Bonchev–Trinajstić information content (AvgIpc) is 2.68. The Morgan fingerprint density at radius 1 is 1.04 bits per heavy atom. The summed E-state index contributed by atoms with van der Waals surface area (Å²) in [6.45, 7) is 2.62. The van der Waals surface area contributed by atoms with E-state index in [-0.39, 0.29) is 11.0 Å². The molecule has 0 radical (unpaired) electrons. The van der Waals surface area contributed by atoms with Crippen molar-refractivity contribution in [2.75, 3.05) is 20.3 Å². The second-order valence-electron chi connectivity index (χ2n) is 5.71. The first-order valence-corrected chi connectivity index (χ1v) is 9.50. The van der Waals surface area contributed by atoms with E-state index in [4.69, 9.17) is 21.7 Å². The Kier molecular flexibility index (Phi) is 8.37. The molecular weight excluding hydrogens is 446 g/mol. The number of rotatable bonds is 6. The summed E-state index contributed by atoms with van der Waals surface area (Å²) in [5, 5.41) is 2.46. The first-order chi connectivity index (χ1) is 13.4. The highest BCUT2D eigenvalue weighted by atomic mass is 79.9. The van der Waals surface area contributed by atoms with Crippen molar-refractivity contribution < 1.29 is 19.1 Å². The highest BCUT2D eigenvalue weighted by Gasteiger charge is 2.15. The van der Waals surface area contributed by atoms with Gasteiger partial charge in [-0.2, -0.15) is 0 Å². The number of hydrazine groups is 1. The maximum Gasteiger partial charge on any atom is 0.269 e. The molecule has 0 aliphatic heterocycles. The van der Waals surface area contributed by atoms with E-state index in [1.165, 1.54) is 0 Å². The molecule has 0 fully saturated rings. The summed E-state index contributed by atoms with van der Waals surface area (Å²) in [5.74, 6) is -0.456. The van der Waals surface area contributed by atoms with Crippen LogP contribution >= 0.6 is 28.1 Å². The fourth-order valence-electron chi connectivity index (χ4n) is 2.13. The molecule has 3 N–H and O–H groups in total. The number of ether oxygens (including phenoxy) is 2. The Hall–Kier alpha value is -2.49. The summed E-state index contributed by atoms with van der Waals surface area (Å²) in [6.07, 6.45) is 0. The van der Waals surface area contributed by atoms with Crippen LogP contribution in [0.1, 0.15) is 26.3 Å². The van der Waals surface area contributed by atoms with Crippen molar-refractivity contribution >= 4 is 45.1 Å². The van der Waals surface area contributed by atoms with Gasteiger partial charge in [-0.05, 0) is 49.5 Å². The molecule has 0 atom stereocenters. The molecule has 0 saturated carbocycles. The molecule has 148 valence electrons. The summed E-state index contributed by atoms with van der Waals surface area (Å²) < 4.78 is 11.2. The molecule has 0 bridgehead atoms. The molecule has 7 nitrogen and oxygen atoms in total. The van der Waals surface area contributed by atoms with Crippen LogP contribution in [0.4, 0.5) is 0 Å². The molecule has 0 unspecified atom stereocenters. The van der Waals surface area contributed by atoms with Crippen molar-refractivity contribution in [3.8, 4) is 5.75 Å². The summed E-state index contributed by atoms with van der Waals surface area (Å²) in [6, 6.07) is 12.1. The quantitative estimate of drug-likeness (QED) is 0.345. The molecular formula is C19H20BrN3O4S. The maximum atomic E-state index is 12.5. The molecule has 2 rings (SSSR count). The lowest BCUT2D eigenvalue weighted by Gasteiger charge is -2.14. The second-order valence-corrected chi connectivity index (χ2v) is 7.03. The molecule has 28 heavy (non-hydrogen) atoms. The van der Waals surface area contributed by atoms with E-state index in [0.717, 1.165) is 5.56 Å². The molecule has 9 heteroatoms. The van der Waals surface area contributed by atoms with Crippen LogP contribution < -0.4 is 20.9 Å². The van der Waals surface area contributed by atoms with Gasteiger partial charge in [-0.25, -0.2) is 0 Å². The fourth-order valence-corrected chi connectivity index (χ4v) is 2.64.